The van der Waals surface area contributed by atoms with Gasteiger partial charge in [0, 0.05) is 31.4 Å². The Kier molecular flexibility index (Phi) is 3.86. The highest BCUT2D eigenvalue weighted by molar-refractivity contribution is 5.62. The molecule has 4 heteroatoms. The van der Waals surface area contributed by atoms with E-state index in [2.05, 4.69) is 47.6 Å². The number of hydrogen-bond acceptors (Lipinski definition) is 4. The molecule has 0 radical (unpaired) electrons. The van der Waals surface area contributed by atoms with Crippen LogP contribution in [0, 0.1) is 0 Å². The van der Waals surface area contributed by atoms with Gasteiger partial charge in [-0.25, -0.2) is 0 Å². The Hall–Kier alpha value is -2.36. The minimum Gasteiger partial charge on any atom is -0.497 e. The number of para-hydroxylation sites is 1. The lowest BCUT2D eigenvalue weighted by atomic mass is 10.1. The first kappa shape index (κ1) is 13.6. The van der Waals surface area contributed by atoms with E-state index in [-0.39, 0.29) is 0 Å². The molecule has 2 aromatic rings. The summed E-state index contributed by atoms with van der Waals surface area (Å²) in [7, 11) is 3.76. The van der Waals surface area contributed by atoms with Crippen molar-refractivity contribution in [1.29, 1.82) is 0 Å². The zero-order valence-corrected chi connectivity index (χ0v) is 12.4. The zero-order valence-electron chi connectivity index (χ0n) is 12.4. The zero-order chi connectivity index (χ0) is 14.7. The van der Waals surface area contributed by atoms with E-state index in [0.717, 1.165) is 42.6 Å². The summed E-state index contributed by atoms with van der Waals surface area (Å²) in [6.07, 6.45) is 0. The van der Waals surface area contributed by atoms with Crippen LogP contribution in [0.3, 0.4) is 0 Å². The molecule has 1 aliphatic rings. The summed E-state index contributed by atoms with van der Waals surface area (Å²) in [6, 6.07) is 14.3. The first-order chi connectivity index (χ1) is 10.3. The van der Waals surface area contributed by atoms with Crippen molar-refractivity contribution in [3.05, 3.63) is 48.0 Å². The molecular formula is C17H20N2O2. The molecule has 0 atom stereocenters. The third kappa shape index (κ3) is 2.89. The predicted molar refractivity (Wildman–Crippen MR) is 85.5 cm³/mol. The average molecular weight is 284 g/mol. The average Bonchev–Trinajstić information content (AvgIpc) is 2.55. The third-order valence-electron chi connectivity index (χ3n) is 3.68. The Morgan fingerprint density at radius 2 is 2.00 bits per heavy atom. The fourth-order valence-electron chi connectivity index (χ4n) is 2.54. The molecule has 1 aliphatic heterocycles. The van der Waals surface area contributed by atoms with E-state index in [0.29, 0.717) is 0 Å². The van der Waals surface area contributed by atoms with Gasteiger partial charge in [-0.3, -0.25) is 0 Å². The maximum absolute atomic E-state index is 5.82. The quantitative estimate of drug-likeness (QED) is 0.935. The number of fused-ring (bicyclic) bond motifs is 1. The van der Waals surface area contributed by atoms with Gasteiger partial charge in [0.05, 0.1) is 12.8 Å². The number of hydrogen-bond donors (Lipinski definition) is 1. The van der Waals surface area contributed by atoms with Crippen LogP contribution in [0.15, 0.2) is 42.5 Å². The van der Waals surface area contributed by atoms with Crippen molar-refractivity contribution < 1.29 is 9.47 Å². The van der Waals surface area contributed by atoms with Gasteiger partial charge in [0.25, 0.3) is 0 Å². The Morgan fingerprint density at radius 1 is 1.19 bits per heavy atom. The van der Waals surface area contributed by atoms with Gasteiger partial charge in [0.2, 0.25) is 0 Å². The summed E-state index contributed by atoms with van der Waals surface area (Å²) in [5, 5.41) is 3.37. The molecule has 1 heterocycles. The van der Waals surface area contributed by atoms with Crippen molar-refractivity contribution in [2.24, 2.45) is 0 Å². The normalized spacial score (nSPS) is 12.9. The molecule has 0 aliphatic carbocycles. The maximum atomic E-state index is 5.82. The molecule has 21 heavy (non-hydrogen) atoms. The summed E-state index contributed by atoms with van der Waals surface area (Å²) in [5.74, 6) is 1.85. The molecule has 0 fully saturated rings. The van der Waals surface area contributed by atoms with Gasteiger partial charge in [0.15, 0.2) is 0 Å². The molecule has 1 N–H and O–H groups in total. The number of nitrogens with zero attached hydrogens (tertiary/aromatic N) is 1. The second-order valence-corrected chi connectivity index (χ2v) is 5.12. The number of benzene rings is 2. The Morgan fingerprint density at radius 3 is 2.76 bits per heavy atom. The summed E-state index contributed by atoms with van der Waals surface area (Å²) in [6.45, 7) is 2.39. The van der Waals surface area contributed by atoms with Gasteiger partial charge in [-0.05, 0) is 30.3 Å². The second kappa shape index (κ2) is 5.95. The minimum atomic E-state index is 0.719. The van der Waals surface area contributed by atoms with E-state index in [1.807, 2.05) is 12.1 Å². The predicted octanol–water partition coefficient (Wildman–Crippen LogP) is 3.14. The van der Waals surface area contributed by atoms with Crippen LogP contribution in [0.25, 0.3) is 0 Å². The van der Waals surface area contributed by atoms with Crippen LogP contribution in [0.1, 0.15) is 5.56 Å². The molecule has 110 valence electrons. The van der Waals surface area contributed by atoms with Crippen molar-refractivity contribution in [2.75, 3.05) is 37.5 Å². The van der Waals surface area contributed by atoms with E-state index in [9.17, 15) is 0 Å². The minimum absolute atomic E-state index is 0.719. The molecule has 0 spiro atoms. The Balaban J connectivity index is 1.79. The summed E-state index contributed by atoms with van der Waals surface area (Å²) >= 11 is 0. The fraction of sp³-hybridized carbons (Fsp3) is 0.294. The lowest BCUT2D eigenvalue weighted by molar-refractivity contribution is 0.319. The number of nitrogens with one attached hydrogen (secondary N) is 1. The number of ether oxygens (including phenoxy) is 2. The molecular weight excluding hydrogens is 264 g/mol. The van der Waals surface area contributed by atoms with E-state index in [4.69, 9.17) is 9.47 Å². The summed E-state index contributed by atoms with van der Waals surface area (Å²) in [4.78, 5) is 2.20. The van der Waals surface area contributed by atoms with E-state index in [1.165, 1.54) is 5.56 Å². The molecule has 0 saturated carbocycles. The number of methoxy groups -OCH3 is 1. The van der Waals surface area contributed by atoms with Crippen LogP contribution in [0.4, 0.5) is 11.4 Å². The van der Waals surface area contributed by atoms with E-state index in [1.54, 1.807) is 7.11 Å². The van der Waals surface area contributed by atoms with Gasteiger partial charge < -0.3 is 19.7 Å². The van der Waals surface area contributed by atoms with Gasteiger partial charge in [-0.1, -0.05) is 12.1 Å². The van der Waals surface area contributed by atoms with Gasteiger partial charge >= 0.3 is 0 Å². The van der Waals surface area contributed by atoms with Crippen LogP contribution < -0.4 is 19.7 Å². The monoisotopic (exact) mass is 284 g/mol. The van der Waals surface area contributed by atoms with Crippen molar-refractivity contribution in [3.8, 4) is 11.5 Å². The number of rotatable bonds is 4. The van der Waals surface area contributed by atoms with Crippen LogP contribution in [0.5, 0.6) is 11.5 Å². The highest BCUT2D eigenvalue weighted by atomic mass is 16.5. The van der Waals surface area contributed by atoms with Crippen LogP contribution in [0.2, 0.25) is 0 Å². The summed E-state index contributed by atoms with van der Waals surface area (Å²) in [5.41, 5.74) is 3.43. The van der Waals surface area contributed by atoms with Crippen molar-refractivity contribution in [1.82, 2.24) is 0 Å². The standard InChI is InChI=1S/C17H20N2O2/c1-19(14-6-8-15(20-2)9-7-14)12-13-4-3-5-16-17(13)21-11-10-18-16/h3-9,18H,10-12H2,1-2H3. The lowest BCUT2D eigenvalue weighted by Crippen LogP contribution is -2.22. The Bertz CT molecular complexity index is 611. The lowest BCUT2D eigenvalue weighted by Gasteiger charge is -2.25. The highest BCUT2D eigenvalue weighted by Crippen LogP contribution is 2.32. The van der Waals surface area contributed by atoms with Gasteiger partial charge in [-0.2, -0.15) is 0 Å². The molecule has 0 bridgehead atoms. The molecule has 3 rings (SSSR count). The fourth-order valence-corrected chi connectivity index (χ4v) is 2.54. The van der Waals surface area contributed by atoms with Crippen LogP contribution in [-0.4, -0.2) is 27.3 Å². The SMILES string of the molecule is COc1ccc(N(C)Cc2cccc3c2OCCN3)cc1. The van der Waals surface area contributed by atoms with Crippen molar-refractivity contribution in [3.63, 3.8) is 0 Å². The maximum Gasteiger partial charge on any atom is 0.147 e. The van der Waals surface area contributed by atoms with E-state index < -0.39 is 0 Å². The molecule has 0 aromatic heterocycles. The highest BCUT2D eigenvalue weighted by Gasteiger charge is 2.15. The smallest absolute Gasteiger partial charge is 0.147 e. The Labute approximate surface area is 125 Å². The van der Waals surface area contributed by atoms with E-state index >= 15 is 0 Å². The molecule has 0 unspecified atom stereocenters. The topological polar surface area (TPSA) is 33.7 Å². The van der Waals surface area contributed by atoms with Crippen molar-refractivity contribution in [2.45, 2.75) is 6.54 Å². The second-order valence-electron chi connectivity index (χ2n) is 5.12. The molecule has 0 saturated heterocycles. The first-order valence-electron chi connectivity index (χ1n) is 7.11. The molecule has 0 amide bonds. The van der Waals surface area contributed by atoms with Crippen LogP contribution >= 0.6 is 0 Å². The first-order valence-corrected chi connectivity index (χ1v) is 7.11. The van der Waals surface area contributed by atoms with Crippen molar-refractivity contribution >= 4 is 11.4 Å². The third-order valence-corrected chi connectivity index (χ3v) is 3.68. The number of anilines is 2. The van der Waals surface area contributed by atoms with Gasteiger partial charge in [-0.15, -0.1) is 0 Å². The van der Waals surface area contributed by atoms with Gasteiger partial charge in [0.1, 0.15) is 18.1 Å². The molecule has 4 nitrogen and oxygen atoms in total. The largest absolute Gasteiger partial charge is 0.497 e. The summed E-state index contributed by atoms with van der Waals surface area (Å²) < 4.78 is 11.0. The van der Waals surface area contributed by atoms with Crippen LogP contribution in [-0.2, 0) is 6.54 Å². The molecule has 2 aromatic carbocycles.